The summed E-state index contributed by atoms with van der Waals surface area (Å²) < 4.78 is 0. The monoisotopic (exact) mass is 221 g/mol. The Morgan fingerprint density at radius 2 is 2.06 bits per heavy atom. The largest absolute Gasteiger partial charge is 0.333 e. The van der Waals surface area contributed by atoms with E-state index in [9.17, 15) is 4.79 Å². The average molecular weight is 221 g/mol. The Balaban J connectivity index is 1.71. The molecule has 0 atom stereocenters. The van der Waals surface area contributed by atoms with Crippen molar-refractivity contribution >= 4 is 5.91 Å². The summed E-state index contributed by atoms with van der Waals surface area (Å²) >= 11 is 0. The molecule has 2 aliphatic rings. The minimum absolute atomic E-state index is 0.0512. The number of amides is 1. The molecule has 1 saturated heterocycles. The van der Waals surface area contributed by atoms with Gasteiger partial charge in [0.1, 0.15) is 5.82 Å². The van der Waals surface area contributed by atoms with Crippen LogP contribution < -0.4 is 5.32 Å². The van der Waals surface area contributed by atoms with Crippen LogP contribution in [0.3, 0.4) is 0 Å². The van der Waals surface area contributed by atoms with Gasteiger partial charge in [0.15, 0.2) is 0 Å². The van der Waals surface area contributed by atoms with Gasteiger partial charge < -0.3 is 10.2 Å². The summed E-state index contributed by atoms with van der Waals surface area (Å²) in [4.78, 5) is 18.1. The molecule has 1 amide bonds. The number of H-pyrrole nitrogens is 1. The molecule has 16 heavy (non-hydrogen) atoms. The molecule has 2 N–H and O–H groups in total. The van der Waals surface area contributed by atoms with Crippen molar-refractivity contribution in [1.29, 1.82) is 0 Å². The number of piperazine rings is 1. The third kappa shape index (κ3) is 1.80. The van der Waals surface area contributed by atoms with Crippen molar-refractivity contribution in [3.05, 3.63) is 11.6 Å². The van der Waals surface area contributed by atoms with E-state index in [4.69, 9.17) is 0 Å². The fourth-order valence-corrected chi connectivity index (χ4v) is 1.92. The molecule has 1 aromatic heterocycles. The average Bonchev–Trinajstić information content (AvgIpc) is 3.08. The molecule has 0 radical (unpaired) electrons. The normalized spacial score (nSPS) is 21.1. The first-order valence-electron chi connectivity index (χ1n) is 5.77. The van der Waals surface area contributed by atoms with Gasteiger partial charge in [0, 0.05) is 32.1 Å². The van der Waals surface area contributed by atoms with Gasteiger partial charge in [0.2, 0.25) is 5.82 Å². The third-order valence-electron chi connectivity index (χ3n) is 3.06. The number of nitrogens with one attached hydrogen (secondary N) is 2. The minimum atomic E-state index is -0.0512. The second-order valence-corrected chi connectivity index (χ2v) is 4.36. The van der Waals surface area contributed by atoms with E-state index in [0.29, 0.717) is 11.7 Å². The van der Waals surface area contributed by atoms with E-state index in [0.717, 1.165) is 44.8 Å². The molecule has 6 nitrogen and oxygen atoms in total. The van der Waals surface area contributed by atoms with Crippen molar-refractivity contribution in [2.45, 2.75) is 18.8 Å². The lowest BCUT2D eigenvalue weighted by atomic mass is 10.3. The molecule has 2 fully saturated rings. The summed E-state index contributed by atoms with van der Waals surface area (Å²) in [6.45, 7) is 3.19. The summed E-state index contributed by atoms with van der Waals surface area (Å²) in [5.41, 5.74) is 0. The molecule has 0 bridgehead atoms. The van der Waals surface area contributed by atoms with E-state index in [1.54, 1.807) is 4.90 Å². The lowest BCUT2D eigenvalue weighted by Crippen LogP contribution is -2.46. The van der Waals surface area contributed by atoms with Crippen molar-refractivity contribution < 1.29 is 4.79 Å². The number of hydrogen-bond donors (Lipinski definition) is 2. The van der Waals surface area contributed by atoms with Crippen molar-refractivity contribution in [1.82, 2.24) is 25.4 Å². The summed E-state index contributed by atoms with van der Waals surface area (Å²) in [7, 11) is 0. The first-order valence-corrected chi connectivity index (χ1v) is 5.77. The van der Waals surface area contributed by atoms with Crippen molar-refractivity contribution in [2.75, 3.05) is 26.2 Å². The standard InChI is InChI=1S/C10H15N5O/c16-10(15-5-3-11-4-6-15)9-12-8(13-14-9)7-1-2-7/h7,11H,1-6H2,(H,12,13,14). The molecular weight excluding hydrogens is 206 g/mol. The van der Waals surface area contributed by atoms with Crippen molar-refractivity contribution in [3.63, 3.8) is 0 Å². The zero-order chi connectivity index (χ0) is 11.0. The SMILES string of the molecule is O=C(c1n[nH]c(C2CC2)n1)N1CCNCC1. The summed E-state index contributed by atoms with van der Waals surface area (Å²) in [5, 5.41) is 10.1. The topological polar surface area (TPSA) is 73.9 Å². The van der Waals surface area contributed by atoms with Crippen molar-refractivity contribution in [2.24, 2.45) is 0 Å². The van der Waals surface area contributed by atoms with E-state index in [1.807, 2.05) is 0 Å². The summed E-state index contributed by atoms with van der Waals surface area (Å²) in [5.74, 6) is 1.66. The Labute approximate surface area is 93.4 Å². The molecule has 0 spiro atoms. The van der Waals surface area contributed by atoms with Crippen LogP contribution in [-0.2, 0) is 0 Å². The fourth-order valence-electron chi connectivity index (χ4n) is 1.92. The maximum absolute atomic E-state index is 12.0. The number of nitrogens with zero attached hydrogens (tertiary/aromatic N) is 3. The molecule has 0 unspecified atom stereocenters. The van der Waals surface area contributed by atoms with E-state index in [1.165, 1.54) is 0 Å². The second-order valence-electron chi connectivity index (χ2n) is 4.36. The predicted octanol–water partition coefficient (Wildman–Crippen LogP) is -0.273. The number of hydrogen-bond acceptors (Lipinski definition) is 4. The lowest BCUT2D eigenvalue weighted by molar-refractivity contribution is 0.0724. The molecule has 1 aliphatic carbocycles. The van der Waals surface area contributed by atoms with Gasteiger partial charge in [-0.25, -0.2) is 4.98 Å². The molecule has 0 aromatic carbocycles. The predicted molar refractivity (Wildman–Crippen MR) is 57.1 cm³/mol. The van der Waals surface area contributed by atoms with E-state index < -0.39 is 0 Å². The molecule has 1 aliphatic heterocycles. The Morgan fingerprint density at radius 3 is 2.75 bits per heavy atom. The highest BCUT2D eigenvalue weighted by Crippen LogP contribution is 2.37. The maximum atomic E-state index is 12.0. The Bertz CT molecular complexity index is 392. The van der Waals surface area contributed by atoms with E-state index >= 15 is 0 Å². The van der Waals surface area contributed by atoms with Crippen LogP contribution in [-0.4, -0.2) is 52.2 Å². The number of carbonyl (C=O) groups excluding carboxylic acids is 1. The van der Waals surface area contributed by atoms with Crippen LogP contribution in [0.2, 0.25) is 0 Å². The zero-order valence-corrected chi connectivity index (χ0v) is 9.07. The van der Waals surface area contributed by atoms with Gasteiger partial charge >= 0.3 is 0 Å². The van der Waals surface area contributed by atoms with Crippen molar-refractivity contribution in [3.8, 4) is 0 Å². The number of aromatic amines is 1. The van der Waals surface area contributed by atoms with Gasteiger partial charge in [0.25, 0.3) is 5.91 Å². The van der Waals surface area contributed by atoms with Gasteiger partial charge in [-0.3, -0.25) is 9.89 Å². The quantitative estimate of drug-likeness (QED) is 0.721. The number of rotatable bonds is 2. The Hall–Kier alpha value is -1.43. The molecule has 1 aromatic rings. The smallest absolute Gasteiger partial charge is 0.293 e. The third-order valence-corrected chi connectivity index (χ3v) is 3.06. The van der Waals surface area contributed by atoms with Gasteiger partial charge in [-0.1, -0.05) is 0 Å². The highest BCUT2D eigenvalue weighted by atomic mass is 16.2. The first kappa shape index (κ1) is 9.77. The molecule has 3 rings (SSSR count). The van der Waals surface area contributed by atoms with Crippen LogP contribution in [0.1, 0.15) is 35.2 Å². The summed E-state index contributed by atoms with van der Waals surface area (Å²) in [6.07, 6.45) is 2.33. The van der Waals surface area contributed by atoms with Crippen LogP contribution in [0.25, 0.3) is 0 Å². The molecule has 6 heteroatoms. The van der Waals surface area contributed by atoms with E-state index in [-0.39, 0.29) is 5.91 Å². The lowest BCUT2D eigenvalue weighted by Gasteiger charge is -2.26. The number of aromatic nitrogens is 3. The minimum Gasteiger partial charge on any atom is -0.333 e. The molecule has 1 saturated carbocycles. The Morgan fingerprint density at radius 1 is 1.31 bits per heavy atom. The summed E-state index contributed by atoms with van der Waals surface area (Å²) in [6, 6.07) is 0. The maximum Gasteiger partial charge on any atom is 0.293 e. The first-order chi connectivity index (χ1) is 7.84. The highest BCUT2D eigenvalue weighted by Gasteiger charge is 2.29. The number of carbonyl (C=O) groups is 1. The molecular formula is C10H15N5O. The molecule has 86 valence electrons. The van der Waals surface area contributed by atoms with Gasteiger partial charge in [-0.2, -0.15) is 0 Å². The van der Waals surface area contributed by atoms with Crippen LogP contribution >= 0.6 is 0 Å². The zero-order valence-electron chi connectivity index (χ0n) is 9.07. The second kappa shape index (κ2) is 3.86. The van der Waals surface area contributed by atoms with Gasteiger partial charge in [-0.15, -0.1) is 5.10 Å². The molecule has 2 heterocycles. The van der Waals surface area contributed by atoms with Gasteiger partial charge in [-0.05, 0) is 12.8 Å². The highest BCUT2D eigenvalue weighted by molar-refractivity contribution is 5.90. The van der Waals surface area contributed by atoms with Crippen LogP contribution in [0, 0.1) is 0 Å². The fraction of sp³-hybridized carbons (Fsp3) is 0.700. The van der Waals surface area contributed by atoms with E-state index in [2.05, 4.69) is 20.5 Å². The Kier molecular flexibility index (Phi) is 2.36. The van der Waals surface area contributed by atoms with Crippen LogP contribution in [0.5, 0.6) is 0 Å². The van der Waals surface area contributed by atoms with Crippen LogP contribution in [0.15, 0.2) is 0 Å². The van der Waals surface area contributed by atoms with Crippen LogP contribution in [0.4, 0.5) is 0 Å². The van der Waals surface area contributed by atoms with Gasteiger partial charge in [0.05, 0.1) is 0 Å².